The Balaban J connectivity index is 2.74. The average Bonchev–Trinajstić information content (AvgIpc) is 2.45. The van der Waals surface area contributed by atoms with Gasteiger partial charge in [0.15, 0.2) is 6.61 Å². The lowest BCUT2D eigenvalue weighted by Crippen LogP contribution is -2.29. The maximum absolute atomic E-state index is 12.0. The zero-order chi connectivity index (χ0) is 16.7. The van der Waals surface area contributed by atoms with E-state index in [2.05, 4.69) is 10.6 Å². The molecule has 0 atom stereocenters. The molecule has 120 valence electrons. The summed E-state index contributed by atoms with van der Waals surface area (Å²) in [5, 5.41) is 13.8. The Morgan fingerprint density at radius 3 is 2.27 bits per heavy atom. The summed E-state index contributed by atoms with van der Waals surface area (Å²) in [6.07, 6.45) is 0.208. The van der Waals surface area contributed by atoms with Crippen LogP contribution in [0, 0.1) is 13.8 Å². The van der Waals surface area contributed by atoms with Crippen LogP contribution < -0.4 is 15.4 Å². The number of aliphatic carboxylic acids is 1. The Morgan fingerprint density at radius 1 is 1.18 bits per heavy atom. The molecule has 0 saturated carbocycles. The van der Waals surface area contributed by atoms with Gasteiger partial charge in [-0.25, -0.2) is 4.79 Å². The normalized spacial score (nSPS) is 9.95. The third-order valence-electron chi connectivity index (χ3n) is 2.98. The lowest BCUT2D eigenvalue weighted by Gasteiger charge is -2.13. The second kappa shape index (κ2) is 8.02. The van der Waals surface area contributed by atoms with Crippen molar-refractivity contribution in [2.24, 2.45) is 0 Å². The number of amides is 2. The number of carbonyl (C=O) groups is 3. The molecule has 0 radical (unpaired) electrons. The molecule has 0 spiro atoms. The van der Waals surface area contributed by atoms with E-state index in [1.807, 2.05) is 0 Å². The van der Waals surface area contributed by atoms with Gasteiger partial charge in [-0.15, -0.1) is 0 Å². The Labute approximate surface area is 128 Å². The Morgan fingerprint density at radius 2 is 1.77 bits per heavy atom. The smallest absolute Gasteiger partial charge is 0.341 e. The van der Waals surface area contributed by atoms with Crippen molar-refractivity contribution in [3.05, 3.63) is 28.8 Å². The van der Waals surface area contributed by atoms with Gasteiger partial charge in [-0.05, 0) is 37.1 Å². The standard InChI is InChI=1S/C15H20N2O5/c1-9-6-11(15(21)17-5-4-12(18)16-3)7-10(2)14(9)22-8-13(19)20/h6-7H,4-5,8H2,1-3H3,(H,16,18)(H,17,21)(H,19,20). The summed E-state index contributed by atoms with van der Waals surface area (Å²) in [5.41, 5.74) is 1.80. The van der Waals surface area contributed by atoms with E-state index >= 15 is 0 Å². The zero-order valence-electron chi connectivity index (χ0n) is 12.9. The molecule has 0 heterocycles. The highest BCUT2D eigenvalue weighted by Gasteiger charge is 2.12. The van der Waals surface area contributed by atoms with Crippen molar-refractivity contribution in [3.63, 3.8) is 0 Å². The molecule has 3 N–H and O–H groups in total. The van der Waals surface area contributed by atoms with E-state index in [0.29, 0.717) is 22.4 Å². The average molecular weight is 308 g/mol. The minimum Gasteiger partial charge on any atom is -0.481 e. The summed E-state index contributed by atoms with van der Waals surface area (Å²) in [7, 11) is 1.53. The van der Waals surface area contributed by atoms with Crippen LogP contribution in [0.4, 0.5) is 0 Å². The minimum absolute atomic E-state index is 0.148. The fourth-order valence-electron chi connectivity index (χ4n) is 1.96. The molecule has 0 aliphatic rings. The van der Waals surface area contributed by atoms with E-state index in [9.17, 15) is 14.4 Å². The molecule has 0 fully saturated rings. The number of carboxylic acids is 1. The predicted molar refractivity (Wildman–Crippen MR) is 80.1 cm³/mol. The quantitative estimate of drug-likeness (QED) is 0.685. The fourth-order valence-corrected chi connectivity index (χ4v) is 1.96. The maximum Gasteiger partial charge on any atom is 0.341 e. The van der Waals surface area contributed by atoms with E-state index in [1.165, 1.54) is 7.05 Å². The zero-order valence-corrected chi connectivity index (χ0v) is 12.9. The molecule has 22 heavy (non-hydrogen) atoms. The van der Waals surface area contributed by atoms with Gasteiger partial charge in [-0.2, -0.15) is 0 Å². The number of nitrogens with one attached hydrogen (secondary N) is 2. The van der Waals surface area contributed by atoms with Crippen molar-refractivity contribution in [2.75, 3.05) is 20.2 Å². The number of carboxylic acid groups (broad SMARTS) is 1. The van der Waals surface area contributed by atoms with Gasteiger partial charge in [0.25, 0.3) is 5.91 Å². The SMILES string of the molecule is CNC(=O)CCNC(=O)c1cc(C)c(OCC(=O)O)c(C)c1. The molecule has 0 aromatic heterocycles. The molecule has 0 aliphatic carbocycles. The predicted octanol–water partition coefficient (Wildman–Crippen LogP) is 0.633. The van der Waals surface area contributed by atoms with Gasteiger partial charge < -0.3 is 20.5 Å². The largest absolute Gasteiger partial charge is 0.481 e. The topological polar surface area (TPSA) is 105 Å². The first kappa shape index (κ1) is 17.5. The number of aryl methyl sites for hydroxylation is 2. The molecule has 0 unspecified atom stereocenters. The second-order valence-corrected chi connectivity index (χ2v) is 4.80. The van der Waals surface area contributed by atoms with Gasteiger partial charge in [-0.3, -0.25) is 9.59 Å². The van der Waals surface area contributed by atoms with Crippen LogP contribution in [-0.2, 0) is 9.59 Å². The molecule has 2 amide bonds. The Hall–Kier alpha value is -2.57. The highest BCUT2D eigenvalue weighted by atomic mass is 16.5. The van der Waals surface area contributed by atoms with Crippen molar-refractivity contribution in [1.29, 1.82) is 0 Å². The van der Waals surface area contributed by atoms with Crippen LogP contribution in [0.5, 0.6) is 5.75 Å². The van der Waals surface area contributed by atoms with Gasteiger partial charge >= 0.3 is 5.97 Å². The molecule has 0 saturated heterocycles. The van der Waals surface area contributed by atoms with E-state index in [1.54, 1.807) is 26.0 Å². The first-order chi connectivity index (χ1) is 10.3. The van der Waals surface area contributed by atoms with Gasteiger partial charge in [0.1, 0.15) is 5.75 Å². The van der Waals surface area contributed by atoms with E-state index < -0.39 is 12.6 Å². The Bertz CT molecular complexity index is 560. The lowest BCUT2D eigenvalue weighted by atomic mass is 10.1. The molecule has 7 heteroatoms. The lowest BCUT2D eigenvalue weighted by molar-refractivity contribution is -0.139. The highest BCUT2D eigenvalue weighted by Crippen LogP contribution is 2.24. The molecule has 0 aliphatic heterocycles. The summed E-state index contributed by atoms with van der Waals surface area (Å²) in [5.74, 6) is -1.04. The van der Waals surface area contributed by atoms with Crippen LogP contribution in [0.3, 0.4) is 0 Å². The summed E-state index contributed by atoms with van der Waals surface area (Å²) in [6, 6.07) is 3.25. The number of rotatable bonds is 7. The molecule has 1 rings (SSSR count). The van der Waals surface area contributed by atoms with E-state index in [4.69, 9.17) is 9.84 Å². The van der Waals surface area contributed by atoms with Crippen molar-refractivity contribution in [1.82, 2.24) is 10.6 Å². The number of ether oxygens (including phenoxy) is 1. The first-order valence-electron chi connectivity index (χ1n) is 6.79. The number of benzene rings is 1. The minimum atomic E-state index is -1.06. The second-order valence-electron chi connectivity index (χ2n) is 4.80. The fraction of sp³-hybridized carbons (Fsp3) is 0.400. The monoisotopic (exact) mass is 308 g/mol. The van der Waals surface area contributed by atoms with Crippen molar-refractivity contribution < 1.29 is 24.2 Å². The summed E-state index contributed by atoms with van der Waals surface area (Å²) in [6.45, 7) is 3.30. The van der Waals surface area contributed by atoms with Gasteiger partial charge in [0.05, 0.1) is 0 Å². The van der Waals surface area contributed by atoms with Crippen molar-refractivity contribution in [3.8, 4) is 5.75 Å². The molecule has 0 bridgehead atoms. The Kier molecular flexibility index (Phi) is 6.37. The first-order valence-corrected chi connectivity index (χ1v) is 6.79. The molecular formula is C15H20N2O5. The number of carbonyl (C=O) groups excluding carboxylic acids is 2. The van der Waals surface area contributed by atoms with Crippen molar-refractivity contribution >= 4 is 17.8 Å². The molecule has 7 nitrogen and oxygen atoms in total. The van der Waals surface area contributed by atoms with Crippen molar-refractivity contribution in [2.45, 2.75) is 20.3 Å². The van der Waals surface area contributed by atoms with Crippen LogP contribution in [-0.4, -0.2) is 43.1 Å². The highest BCUT2D eigenvalue weighted by molar-refractivity contribution is 5.95. The van der Waals surface area contributed by atoms with Gasteiger partial charge in [0.2, 0.25) is 5.91 Å². The molecule has 1 aromatic carbocycles. The van der Waals surface area contributed by atoms with E-state index in [0.717, 1.165) is 0 Å². The summed E-state index contributed by atoms with van der Waals surface area (Å²) < 4.78 is 5.21. The summed E-state index contributed by atoms with van der Waals surface area (Å²) >= 11 is 0. The van der Waals surface area contributed by atoms with Crippen LogP contribution in [0.25, 0.3) is 0 Å². The third-order valence-corrected chi connectivity index (χ3v) is 2.98. The van der Waals surface area contributed by atoms with Gasteiger partial charge in [0, 0.05) is 25.6 Å². The third kappa shape index (κ3) is 5.08. The summed E-state index contributed by atoms with van der Waals surface area (Å²) in [4.78, 5) is 33.6. The molecular weight excluding hydrogens is 288 g/mol. The maximum atomic E-state index is 12.0. The number of hydrogen-bond acceptors (Lipinski definition) is 4. The van der Waals surface area contributed by atoms with Crippen LogP contribution in [0.2, 0.25) is 0 Å². The van der Waals surface area contributed by atoms with Crippen LogP contribution in [0.1, 0.15) is 27.9 Å². The van der Waals surface area contributed by atoms with Crippen LogP contribution in [0.15, 0.2) is 12.1 Å². The van der Waals surface area contributed by atoms with Crippen LogP contribution >= 0.6 is 0 Å². The molecule has 1 aromatic rings. The van der Waals surface area contributed by atoms with E-state index in [-0.39, 0.29) is 24.8 Å². The van der Waals surface area contributed by atoms with Gasteiger partial charge in [-0.1, -0.05) is 0 Å². The number of hydrogen-bond donors (Lipinski definition) is 3.